The summed E-state index contributed by atoms with van der Waals surface area (Å²) in [5.74, 6) is 0. The highest BCUT2D eigenvalue weighted by atomic mass is 16.5. The van der Waals surface area contributed by atoms with Crippen LogP contribution in [0.2, 0.25) is 0 Å². The second kappa shape index (κ2) is 3.55. The maximum absolute atomic E-state index is 11.9. The Kier molecular flexibility index (Phi) is 2.04. The Labute approximate surface area is 97.5 Å². The van der Waals surface area contributed by atoms with E-state index in [-0.39, 0.29) is 0 Å². The van der Waals surface area contributed by atoms with Crippen molar-refractivity contribution in [1.82, 2.24) is 14.8 Å². The molecule has 0 aliphatic heterocycles. The molecule has 17 heavy (non-hydrogen) atoms. The minimum atomic E-state index is 0.587. The van der Waals surface area contributed by atoms with E-state index in [1.807, 2.05) is 30.3 Å². The van der Waals surface area contributed by atoms with Crippen LogP contribution in [0.4, 0.5) is 0 Å². The molecule has 0 unspecified atom stereocenters. The molecule has 0 fully saturated rings. The molecule has 3 rings (SSSR count). The van der Waals surface area contributed by atoms with E-state index >= 15 is 0 Å². The van der Waals surface area contributed by atoms with E-state index in [1.54, 1.807) is 17.9 Å². The predicted octanol–water partition coefficient (Wildman–Crippen LogP) is 1.27. The van der Waals surface area contributed by atoms with Gasteiger partial charge in [-0.1, -0.05) is 30.3 Å². The summed E-state index contributed by atoms with van der Waals surface area (Å²) >= 11 is 0. The summed E-state index contributed by atoms with van der Waals surface area (Å²) in [4.78, 5) is 4.08. The lowest BCUT2D eigenvalue weighted by molar-refractivity contribution is -0.595. The molecule has 0 spiro atoms. The van der Waals surface area contributed by atoms with Crippen molar-refractivity contribution in [3.05, 3.63) is 48.1 Å². The van der Waals surface area contributed by atoms with Gasteiger partial charge in [-0.3, -0.25) is 0 Å². The van der Waals surface area contributed by atoms with Gasteiger partial charge in [0, 0.05) is 12.6 Å². The second-order valence-corrected chi connectivity index (χ2v) is 3.79. The zero-order chi connectivity index (χ0) is 11.8. The summed E-state index contributed by atoms with van der Waals surface area (Å²) in [5, 5.41) is 16.7. The van der Waals surface area contributed by atoms with Crippen molar-refractivity contribution in [2.75, 3.05) is 0 Å². The lowest BCUT2D eigenvalue weighted by Crippen LogP contribution is -2.29. The van der Waals surface area contributed by atoms with E-state index in [0.717, 1.165) is 15.7 Å². The predicted molar refractivity (Wildman–Crippen MR) is 62.9 cm³/mol. The van der Waals surface area contributed by atoms with Gasteiger partial charge in [-0.15, -0.1) is 0 Å². The number of hydrogen-bond donors (Lipinski definition) is 0. The van der Waals surface area contributed by atoms with Crippen LogP contribution >= 0.6 is 0 Å². The normalized spacial score (nSPS) is 10.9. The van der Waals surface area contributed by atoms with Crippen LogP contribution in [0.25, 0.3) is 22.3 Å². The quantitative estimate of drug-likeness (QED) is 0.463. The lowest BCUT2D eigenvalue weighted by atomic mass is 10.1. The highest BCUT2D eigenvalue weighted by molar-refractivity contribution is 5.88. The second-order valence-electron chi connectivity index (χ2n) is 3.79. The van der Waals surface area contributed by atoms with E-state index in [2.05, 4.69) is 10.1 Å². The van der Waals surface area contributed by atoms with Gasteiger partial charge in [-0.2, -0.15) is 5.10 Å². The fourth-order valence-corrected chi connectivity index (χ4v) is 1.91. The molecule has 0 atom stereocenters. The molecule has 0 bridgehead atoms. The molecule has 0 saturated carbocycles. The average Bonchev–Trinajstić information content (AvgIpc) is 2.72. The van der Waals surface area contributed by atoms with Crippen LogP contribution in [0.3, 0.4) is 0 Å². The smallest absolute Gasteiger partial charge is 0.292 e. The summed E-state index contributed by atoms with van der Waals surface area (Å²) < 4.78 is 2.43. The monoisotopic (exact) mass is 226 g/mol. The number of aryl methyl sites for hydroxylation is 1. The van der Waals surface area contributed by atoms with Crippen molar-refractivity contribution < 1.29 is 4.73 Å². The Balaban J connectivity index is 2.39. The molecule has 0 saturated heterocycles. The number of benzene rings is 1. The Morgan fingerprint density at radius 1 is 1.24 bits per heavy atom. The first-order chi connectivity index (χ1) is 8.27. The van der Waals surface area contributed by atoms with E-state index in [4.69, 9.17) is 0 Å². The number of hydrogen-bond acceptors (Lipinski definition) is 3. The Hall–Kier alpha value is -2.43. The van der Waals surface area contributed by atoms with Gasteiger partial charge in [0.15, 0.2) is 5.69 Å². The van der Waals surface area contributed by atoms with Gasteiger partial charge in [0.05, 0.1) is 6.20 Å². The lowest BCUT2D eigenvalue weighted by Gasteiger charge is -2.08. The van der Waals surface area contributed by atoms with Crippen LogP contribution in [-0.4, -0.2) is 14.8 Å². The molecular weight excluding hydrogens is 216 g/mol. The summed E-state index contributed by atoms with van der Waals surface area (Å²) in [6, 6.07) is 9.52. The van der Waals surface area contributed by atoms with E-state index in [1.165, 1.54) is 6.33 Å². The first-order valence-corrected chi connectivity index (χ1v) is 5.22. The fourth-order valence-electron chi connectivity index (χ4n) is 1.91. The van der Waals surface area contributed by atoms with Gasteiger partial charge in [-0.25, -0.2) is 9.41 Å². The third-order valence-corrected chi connectivity index (χ3v) is 2.72. The van der Waals surface area contributed by atoms with E-state index in [9.17, 15) is 5.21 Å². The SMILES string of the molecule is Cn1ncc2c(-c3ccccc3)[n+]([O-])cnc21. The Morgan fingerprint density at radius 3 is 2.76 bits per heavy atom. The number of fused-ring (bicyclic) bond motifs is 1. The molecule has 2 aromatic heterocycles. The zero-order valence-corrected chi connectivity index (χ0v) is 9.24. The number of aromatic nitrogens is 4. The first kappa shape index (κ1) is 9.77. The van der Waals surface area contributed by atoms with Gasteiger partial charge in [0.25, 0.3) is 12.0 Å². The summed E-state index contributed by atoms with van der Waals surface area (Å²) in [5.41, 5.74) is 2.16. The van der Waals surface area contributed by atoms with E-state index in [0.29, 0.717) is 11.3 Å². The van der Waals surface area contributed by atoms with Crippen LogP contribution in [0.15, 0.2) is 42.9 Å². The van der Waals surface area contributed by atoms with Crippen molar-refractivity contribution in [3.8, 4) is 11.3 Å². The van der Waals surface area contributed by atoms with Crippen molar-refractivity contribution in [2.45, 2.75) is 0 Å². The average molecular weight is 226 g/mol. The number of nitrogens with zero attached hydrogens (tertiary/aromatic N) is 4. The van der Waals surface area contributed by atoms with Crippen LogP contribution in [0.1, 0.15) is 0 Å². The van der Waals surface area contributed by atoms with Gasteiger partial charge in [-0.05, 0) is 4.98 Å². The van der Waals surface area contributed by atoms with Gasteiger partial charge < -0.3 is 5.21 Å². The van der Waals surface area contributed by atoms with Crippen molar-refractivity contribution in [2.24, 2.45) is 7.05 Å². The summed E-state index contributed by atoms with van der Waals surface area (Å²) in [6.45, 7) is 0. The maximum atomic E-state index is 11.9. The minimum absolute atomic E-state index is 0.587. The molecule has 0 aliphatic rings. The molecule has 5 heteroatoms. The molecule has 5 nitrogen and oxygen atoms in total. The fraction of sp³-hybridized carbons (Fsp3) is 0.0833. The Morgan fingerprint density at radius 2 is 2.00 bits per heavy atom. The standard InChI is InChI=1S/C12H10N4O/c1-15-12-10(7-14-15)11(16(17)8-13-12)9-5-3-2-4-6-9/h2-8H,1H3. The van der Waals surface area contributed by atoms with Gasteiger partial charge in [0.1, 0.15) is 5.39 Å². The minimum Gasteiger partial charge on any atom is -0.710 e. The van der Waals surface area contributed by atoms with Crippen molar-refractivity contribution >= 4 is 11.0 Å². The first-order valence-electron chi connectivity index (χ1n) is 5.22. The van der Waals surface area contributed by atoms with Crippen LogP contribution < -0.4 is 4.73 Å². The highest BCUT2D eigenvalue weighted by Crippen LogP contribution is 2.22. The van der Waals surface area contributed by atoms with Crippen LogP contribution in [0, 0.1) is 5.21 Å². The van der Waals surface area contributed by atoms with Crippen molar-refractivity contribution in [3.63, 3.8) is 0 Å². The van der Waals surface area contributed by atoms with Crippen LogP contribution in [0.5, 0.6) is 0 Å². The molecule has 0 aliphatic carbocycles. The third-order valence-electron chi connectivity index (χ3n) is 2.72. The highest BCUT2D eigenvalue weighted by Gasteiger charge is 2.16. The molecule has 0 amide bonds. The van der Waals surface area contributed by atoms with Gasteiger partial charge in [0.2, 0.25) is 0 Å². The van der Waals surface area contributed by atoms with Gasteiger partial charge >= 0.3 is 0 Å². The molecule has 1 aromatic carbocycles. The summed E-state index contributed by atoms with van der Waals surface area (Å²) in [6.07, 6.45) is 2.94. The number of rotatable bonds is 1. The molecule has 2 heterocycles. The Bertz CT molecular complexity index is 676. The molecule has 0 radical (unpaired) electrons. The summed E-state index contributed by atoms with van der Waals surface area (Å²) in [7, 11) is 1.80. The third kappa shape index (κ3) is 1.44. The van der Waals surface area contributed by atoms with Crippen LogP contribution in [-0.2, 0) is 7.05 Å². The zero-order valence-electron chi connectivity index (χ0n) is 9.24. The molecule has 84 valence electrons. The topological polar surface area (TPSA) is 57.6 Å². The molecular formula is C12H10N4O. The van der Waals surface area contributed by atoms with Crippen molar-refractivity contribution in [1.29, 1.82) is 0 Å². The molecule has 0 N–H and O–H groups in total. The van der Waals surface area contributed by atoms with E-state index < -0.39 is 0 Å². The largest absolute Gasteiger partial charge is 0.710 e. The maximum Gasteiger partial charge on any atom is 0.292 e. The molecule has 3 aromatic rings.